The van der Waals surface area contributed by atoms with Gasteiger partial charge < -0.3 is 15.9 Å². The van der Waals surface area contributed by atoms with E-state index in [0.717, 1.165) is 25.9 Å². The van der Waals surface area contributed by atoms with E-state index in [9.17, 15) is 9.90 Å². The molecular weight excluding hydrogens is 308 g/mol. The smallest absolute Gasteiger partial charge is 0.303 e. The van der Waals surface area contributed by atoms with E-state index < -0.39 is 5.97 Å². The van der Waals surface area contributed by atoms with Crippen LogP contribution in [-0.4, -0.2) is 51.7 Å². The second kappa shape index (κ2) is 7.02. The van der Waals surface area contributed by atoms with Gasteiger partial charge in [0.15, 0.2) is 0 Å². The van der Waals surface area contributed by atoms with E-state index in [0.29, 0.717) is 11.3 Å². The number of phenolic OH excluding ortho intramolecular Hbond substituents is 1. The van der Waals surface area contributed by atoms with Crippen LogP contribution in [0.1, 0.15) is 24.8 Å². The number of carboxylic acids is 1. The molecular formula is C17H22N4O3. The third-order valence-corrected chi connectivity index (χ3v) is 4.49. The predicted octanol–water partition coefficient (Wildman–Crippen LogP) is 1.46. The maximum Gasteiger partial charge on any atom is 0.303 e. The van der Waals surface area contributed by atoms with Crippen LogP contribution < -0.4 is 5.73 Å². The van der Waals surface area contributed by atoms with Gasteiger partial charge in [-0.2, -0.15) is 0 Å². The van der Waals surface area contributed by atoms with E-state index in [1.54, 1.807) is 18.3 Å². The molecule has 0 aliphatic carbocycles. The van der Waals surface area contributed by atoms with Crippen LogP contribution in [0.5, 0.6) is 5.75 Å². The molecule has 3 rings (SSSR count). The van der Waals surface area contributed by atoms with Gasteiger partial charge in [0.25, 0.3) is 0 Å². The average Bonchev–Trinajstić information content (AvgIpc) is 2.56. The van der Waals surface area contributed by atoms with E-state index in [1.165, 1.54) is 0 Å². The first-order chi connectivity index (χ1) is 11.5. The highest BCUT2D eigenvalue weighted by atomic mass is 16.4. The number of nitrogens with zero attached hydrogens (tertiary/aromatic N) is 3. The first-order valence-corrected chi connectivity index (χ1v) is 8.09. The molecule has 7 heteroatoms. The molecule has 0 spiro atoms. The summed E-state index contributed by atoms with van der Waals surface area (Å²) in [7, 11) is 0. The summed E-state index contributed by atoms with van der Waals surface area (Å²) in [4.78, 5) is 15.2. The van der Waals surface area contributed by atoms with Crippen molar-refractivity contribution < 1.29 is 15.0 Å². The summed E-state index contributed by atoms with van der Waals surface area (Å²) >= 11 is 0. The van der Waals surface area contributed by atoms with Gasteiger partial charge in [0.1, 0.15) is 11.9 Å². The lowest BCUT2D eigenvalue weighted by Gasteiger charge is -2.42. The number of aromatic hydroxyl groups is 1. The zero-order valence-corrected chi connectivity index (χ0v) is 13.4. The molecule has 0 amide bonds. The maximum atomic E-state index is 10.8. The Bertz CT molecular complexity index is 666. The number of nitrogens with two attached hydrogens (primary N) is 1. The van der Waals surface area contributed by atoms with Crippen molar-refractivity contribution in [2.24, 2.45) is 16.6 Å². The third kappa shape index (κ3) is 3.58. The van der Waals surface area contributed by atoms with Gasteiger partial charge in [-0.3, -0.25) is 14.8 Å². The first-order valence-electron chi connectivity index (χ1n) is 8.09. The summed E-state index contributed by atoms with van der Waals surface area (Å²) in [5.74, 6) is -0.344. The number of rotatable bonds is 4. The molecule has 4 N–H and O–H groups in total. The molecule has 0 aromatic heterocycles. The number of piperidine rings is 1. The van der Waals surface area contributed by atoms with Crippen LogP contribution in [-0.2, 0) is 4.79 Å². The minimum absolute atomic E-state index is 0.177. The van der Waals surface area contributed by atoms with Crippen molar-refractivity contribution >= 4 is 17.9 Å². The van der Waals surface area contributed by atoms with E-state index >= 15 is 0 Å². The van der Waals surface area contributed by atoms with Crippen LogP contribution in [0.25, 0.3) is 5.70 Å². The van der Waals surface area contributed by atoms with Gasteiger partial charge in [-0.25, -0.2) is 5.01 Å². The molecule has 0 bridgehead atoms. The molecule has 1 atom stereocenters. The van der Waals surface area contributed by atoms with E-state index in [1.807, 2.05) is 23.3 Å². The molecule has 2 aliphatic heterocycles. The molecule has 128 valence electrons. The Labute approximate surface area is 140 Å². The normalized spacial score (nSPS) is 22.5. The van der Waals surface area contributed by atoms with Crippen molar-refractivity contribution in [2.45, 2.75) is 25.4 Å². The number of phenols is 1. The van der Waals surface area contributed by atoms with E-state index in [4.69, 9.17) is 10.8 Å². The van der Waals surface area contributed by atoms with Gasteiger partial charge in [0.05, 0.1) is 5.70 Å². The monoisotopic (exact) mass is 330 g/mol. The number of carbonyl (C=O) groups is 1. The fourth-order valence-electron chi connectivity index (χ4n) is 3.17. The summed E-state index contributed by atoms with van der Waals surface area (Å²) in [6.07, 6.45) is 5.01. The Balaban J connectivity index is 1.72. The summed E-state index contributed by atoms with van der Waals surface area (Å²) in [6, 6.07) is 7.05. The van der Waals surface area contributed by atoms with Crippen molar-refractivity contribution in [2.75, 3.05) is 13.1 Å². The fourth-order valence-corrected chi connectivity index (χ4v) is 3.17. The summed E-state index contributed by atoms with van der Waals surface area (Å²) < 4.78 is 0. The first kappa shape index (κ1) is 16.5. The van der Waals surface area contributed by atoms with Gasteiger partial charge in [-0.1, -0.05) is 12.1 Å². The fraction of sp³-hybridized carbons (Fsp3) is 0.412. The lowest BCUT2D eigenvalue weighted by Crippen LogP contribution is -2.54. The van der Waals surface area contributed by atoms with Crippen LogP contribution in [0, 0.1) is 5.92 Å². The molecule has 2 heterocycles. The summed E-state index contributed by atoms with van der Waals surface area (Å²) in [5, 5.41) is 23.0. The largest absolute Gasteiger partial charge is 0.507 e. The Kier molecular flexibility index (Phi) is 4.82. The predicted molar refractivity (Wildman–Crippen MR) is 90.9 cm³/mol. The second-order valence-electron chi connectivity index (χ2n) is 6.18. The number of para-hydroxylation sites is 1. The second-order valence-corrected chi connectivity index (χ2v) is 6.18. The van der Waals surface area contributed by atoms with Gasteiger partial charge in [-0.05, 0) is 30.9 Å². The Morgan fingerprint density at radius 2 is 2.00 bits per heavy atom. The Morgan fingerprint density at radius 1 is 1.29 bits per heavy atom. The quantitative estimate of drug-likeness (QED) is 0.772. The molecule has 0 radical (unpaired) electrons. The number of carboxylic acid groups (broad SMARTS) is 1. The maximum absolute atomic E-state index is 10.8. The summed E-state index contributed by atoms with van der Waals surface area (Å²) in [5.41, 5.74) is 7.45. The minimum Gasteiger partial charge on any atom is -0.507 e. The molecule has 1 unspecified atom stereocenters. The zero-order chi connectivity index (χ0) is 17.1. The minimum atomic E-state index is -0.739. The molecule has 1 aromatic carbocycles. The standard InChI is InChI=1S/C17H22N4O3/c18-16-10-19-14(13-3-1-2-4-15(13)22)11-21(16)20-7-5-12(6-8-20)9-17(23)24/h1-4,10-12,16,22H,5-9,18H2,(H,23,24). The number of hydrazine groups is 1. The topological polar surface area (TPSA) is 102 Å². The molecule has 1 saturated heterocycles. The van der Waals surface area contributed by atoms with Gasteiger partial charge in [-0.15, -0.1) is 0 Å². The van der Waals surface area contributed by atoms with Gasteiger partial charge in [0.2, 0.25) is 0 Å². The Hall–Kier alpha value is -2.38. The highest BCUT2D eigenvalue weighted by Gasteiger charge is 2.28. The van der Waals surface area contributed by atoms with Crippen LogP contribution in [0.15, 0.2) is 35.5 Å². The van der Waals surface area contributed by atoms with Crippen LogP contribution in [0.4, 0.5) is 0 Å². The SMILES string of the molecule is NC1C=NC(c2ccccc2O)=CN1N1CCC(CC(=O)O)CC1. The van der Waals surface area contributed by atoms with Crippen molar-refractivity contribution in [3.8, 4) is 5.75 Å². The zero-order valence-electron chi connectivity index (χ0n) is 13.4. The average molecular weight is 330 g/mol. The van der Waals surface area contributed by atoms with E-state index in [2.05, 4.69) is 10.0 Å². The molecule has 7 nitrogen and oxygen atoms in total. The third-order valence-electron chi connectivity index (χ3n) is 4.49. The van der Waals surface area contributed by atoms with Crippen molar-refractivity contribution in [1.82, 2.24) is 10.0 Å². The highest BCUT2D eigenvalue weighted by Crippen LogP contribution is 2.29. The van der Waals surface area contributed by atoms with Gasteiger partial charge >= 0.3 is 5.97 Å². The van der Waals surface area contributed by atoms with Crippen LogP contribution in [0.2, 0.25) is 0 Å². The van der Waals surface area contributed by atoms with Crippen molar-refractivity contribution in [1.29, 1.82) is 0 Å². The molecule has 24 heavy (non-hydrogen) atoms. The molecule has 1 aromatic rings. The molecule has 2 aliphatic rings. The number of aliphatic carboxylic acids is 1. The van der Waals surface area contributed by atoms with E-state index in [-0.39, 0.29) is 24.3 Å². The van der Waals surface area contributed by atoms with Crippen molar-refractivity contribution in [3.05, 3.63) is 36.0 Å². The van der Waals surface area contributed by atoms with Crippen molar-refractivity contribution in [3.63, 3.8) is 0 Å². The van der Waals surface area contributed by atoms with Crippen LogP contribution in [0.3, 0.4) is 0 Å². The van der Waals surface area contributed by atoms with Crippen LogP contribution >= 0.6 is 0 Å². The Morgan fingerprint density at radius 3 is 2.67 bits per heavy atom. The number of hydrogen-bond donors (Lipinski definition) is 3. The number of hydrogen-bond acceptors (Lipinski definition) is 6. The summed E-state index contributed by atoms with van der Waals surface area (Å²) in [6.45, 7) is 1.51. The molecule has 0 saturated carbocycles. The number of aliphatic imine (C=N–C) groups is 1. The molecule has 1 fully saturated rings. The lowest BCUT2D eigenvalue weighted by molar-refractivity contribution is -0.138. The number of benzene rings is 1. The highest BCUT2D eigenvalue weighted by molar-refractivity contribution is 5.80. The lowest BCUT2D eigenvalue weighted by atomic mass is 9.94. The van der Waals surface area contributed by atoms with Gasteiger partial charge in [0, 0.05) is 37.5 Å².